The standard InChI is InChI=1S/C31H31NO5/c1-18(2)17-37-31(36)22-11-13-24(14-12-22)32-27(23-8-6-7-19(3)15-23)26(29(34)30(32)35)28(33)25-16-20(4)9-10-21(25)5/h6-16,18,27,33H,17H2,1-5H3/b28-26+. The van der Waals surface area contributed by atoms with E-state index in [0.717, 1.165) is 16.7 Å². The van der Waals surface area contributed by atoms with Crippen LogP contribution in [0, 0.1) is 26.7 Å². The first-order valence-corrected chi connectivity index (χ1v) is 12.3. The molecule has 0 saturated carbocycles. The van der Waals surface area contributed by atoms with Crippen LogP contribution in [0.3, 0.4) is 0 Å². The number of rotatable bonds is 6. The molecule has 1 amide bonds. The Hall–Kier alpha value is -4.19. The molecule has 1 saturated heterocycles. The highest BCUT2D eigenvalue weighted by atomic mass is 16.5. The Kier molecular flexibility index (Phi) is 7.30. The molecule has 6 heteroatoms. The van der Waals surface area contributed by atoms with Gasteiger partial charge in [0.25, 0.3) is 11.7 Å². The Bertz CT molecular complexity index is 1400. The summed E-state index contributed by atoms with van der Waals surface area (Å²) in [5.74, 6) is -1.95. The van der Waals surface area contributed by atoms with Gasteiger partial charge < -0.3 is 9.84 Å². The fourth-order valence-corrected chi connectivity index (χ4v) is 4.47. The van der Waals surface area contributed by atoms with Crippen LogP contribution in [-0.2, 0) is 14.3 Å². The van der Waals surface area contributed by atoms with E-state index in [2.05, 4.69) is 0 Å². The molecule has 1 atom stereocenters. The van der Waals surface area contributed by atoms with Crippen LogP contribution >= 0.6 is 0 Å². The summed E-state index contributed by atoms with van der Waals surface area (Å²) in [6, 6.07) is 18.7. The van der Waals surface area contributed by atoms with Crippen molar-refractivity contribution in [2.75, 3.05) is 11.5 Å². The van der Waals surface area contributed by atoms with E-state index in [9.17, 15) is 19.5 Å². The molecule has 1 heterocycles. The van der Waals surface area contributed by atoms with Crippen molar-refractivity contribution in [2.45, 2.75) is 40.7 Å². The zero-order valence-corrected chi connectivity index (χ0v) is 21.7. The number of aliphatic hydroxyl groups is 1. The Morgan fingerprint density at radius 1 is 0.946 bits per heavy atom. The van der Waals surface area contributed by atoms with Gasteiger partial charge in [0.05, 0.1) is 23.8 Å². The van der Waals surface area contributed by atoms with Crippen molar-refractivity contribution >= 4 is 29.1 Å². The Morgan fingerprint density at radius 3 is 2.27 bits per heavy atom. The van der Waals surface area contributed by atoms with E-state index in [0.29, 0.717) is 29.0 Å². The van der Waals surface area contributed by atoms with E-state index < -0.39 is 23.7 Å². The zero-order valence-electron chi connectivity index (χ0n) is 21.7. The van der Waals surface area contributed by atoms with Crippen LogP contribution < -0.4 is 4.90 Å². The number of aliphatic hydroxyl groups excluding tert-OH is 1. The van der Waals surface area contributed by atoms with E-state index in [-0.39, 0.29) is 17.3 Å². The lowest BCUT2D eigenvalue weighted by molar-refractivity contribution is -0.132. The number of ketones is 1. The van der Waals surface area contributed by atoms with E-state index in [1.807, 2.05) is 77.1 Å². The van der Waals surface area contributed by atoms with Gasteiger partial charge in [-0.25, -0.2) is 4.79 Å². The van der Waals surface area contributed by atoms with Crippen LogP contribution in [0.4, 0.5) is 5.69 Å². The number of benzene rings is 3. The highest BCUT2D eigenvalue weighted by Crippen LogP contribution is 2.42. The molecular weight excluding hydrogens is 466 g/mol. The minimum atomic E-state index is -0.835. The molecule has 1 aliphatic heterocycles. The van der Waals surface area contributed by atoms with E-state index in [4.69, 9.17) is 4.74 Å². The van der Waals surface area contributed by atoms with Gasteiger partial charge in [-0.1, -0.05) is 61.4 Å². The Morgan fingerprint density at radius 2 is 1.62 bits per heavy atom. The summed E-state index contributed by atoms with van der Waals surface area (Å²) in [6.45, 7) is 9.90. The van der Waals surface area contributed by atoms with Gasteiger partial charge in [0.2, 0.25) is 0 Å². The lowest BCUT2D eigenvalue weighted by Crippen LogP contribution is -2.29. The minimum absolute atomic E-state index is 0.0321. The van der Waals surface area contributed by atoms with Gasteiger partial charge >= 0.3 is 5.97 Å². The van der Waals surface area contributed by atoms with Crippen molar-refractivity contribution in [1.29, 1.82) is 0 Å². The van der Waals surface area contributed by atoms with Crippen LogP contribution in [0.1, 0.15) is 58.1 Å². The number of carbonyl (C=O) groups excluding carboxylic acids is 3. The quantitative estimate of drug-likeness (QED) is 0.194. The predicted octanol–water partition coefficient (Wildman–Crippen LogP) is 6.05. The molecule has 6 nitrogen and oxygen atoms in total. The lowest BCUT2D eigenvalue weighted by Gasteiger charge is -2.26. The van der Waals surface area contributed by atoms with Gasteiger partial charge in [0.15, 0.2) is 0 Å². The number of Topliss-reactive ketones (excluding diaryl/α,β-unsaturated/α-hetero) is 1. The van der Waals surface area contributed by atoms with Crippen molar-refractivity contribution < 1.29 is 24.2 Å². The summed E-state index contributed by atoms with van der Waals surface area (Å²) in [4.78, 5) is 40.6. The van der Waals surface area contributed by atoms with Crippen molar-refractivity contribution in [3.63, 3.8) is 0 Å². The monoisotopic (exact) mass is 497 g/mol. The fraction of sp³-hybridized carbons (Fsp3) is 0.258. The molecule has 4 rings (SSSR count). The Labute approximate surface area is 217 Å². The second-order valence-corrected chi connectivity index (χ2v) is 9.94. The molecule has 0 spiro atoms. The van der Waals surface area contributed by atoms with Gasteiger partial charge in [0, 0.05) is 11.3 Å². The summed E-state index contributed by atoms with van der Waals surface area (Å²) >= 11 is 0. The van der Waals surface area contributed by atoms with Gasteiger partial charge in [-0.05, 0) is 68.1 Å². The highest BCUT2D eigenvalue weighted by molar-refractivity contribution is 6.51. The molecule has 3 aromatic rings. The van der Waals surface area contributed by atoms with E-state index in [1.54, 1.807) is 24.3 Å². The number of nitrogens with zero attached hydrogens (tertiary/aromatic N) is 1. The number of anilines is 1. The third-order valence-corrected chi connectivity index (χ3v) is 6.38. The average Bonchev–Trinajstić information content (AvgIpc) is 3.14. The molecule has 0 bridgehead atoms. The van der Waals surface area contributed by atoms with Crippen LogP contribution in [0.5, 0.6) is 0 Å². The van der Waals surface area contributed by atoms with Crippen LogP contribution in [0.2, 0.25) is 0 Å². The maximum atomic E-state index is 13.4. The molecule has 190 valence electrons. The summed E-state index contributed by atoms with van der Waals surface area (Å²) in [5.41, 5.74) is 4.71. The first kappa shape index (κ1) is 25.9. The molecule has 1 fully saturated rings. The van der Waals surface area contributed by atoms with Crippen molar-refractivity contribution in [2.24, 2.45) is 5.92 Å². The topological polar surface area (TPSA) is 83.9 Å². The maximum absolute atomic E-state index is 13.4. The number of aryl methyl sites for hydroxylation is 3. The molecule has 1 aliphatic rings. The third kappa shape index (κ3) is 5.19. The molecule has 1 unspecified atom stereocenters. The molecule has 1 N–H and O–H groups in total. The number of carbonyl (C=O) groups is 3. The average molecular weight is 498 g/mol. The minimum Gasteiger partial charge on any atom is -0.507 e. The second-order valence-electron chi connectivity index (χ2n) is 9.94. The smallest absolute Gasteiger partial charge is 0.338 e. The molecular formula is C31H31NO5. The highest BCUT2D eigenvalue weighted by Gasteiger charge is 2.47. The first-order valence-electron chi connectivity index (χ1n) is 12.3. The predicted molar refractivity (Wildman–Crippen MR) is 143 cm³/mol. The van der Waals surface area contributed by atoms with Gasteiger partial charge in [-0.15, -0.1) is 0 Å². The second kappa shape index (κ2) is 10.4. The molecule has 0 aliphatic carbocycles. The number of hydrogen-bond acceptors (Lipinski definition) is 5. The van der Waals surface area contributed by atoms with Crippen molar-refractivity contribution in [3.05, 3.63) is 106 Å². The van der Waals surface area contributed by atoms with Crippen molar-refractivity contribution in [1.82, 2.24) is 0 Å². The van der Waals surface area contributed by atoms with Crippen LogP contribution in [0.25, 0.3) is 5.76 Å². The summed E-state index contributed by atoms with van der Waals surface area (Å²) in [7, 11) is 0. The van der Waals surface area contributed by atoms with Crippen LogP contribution in [0.15, 0.2) is 72.3 Å². The molecule has 0 aromatic heterocycles. The lowest BCUT2D eigenvalue weighted by atomic mass is 9.92. The fourth-order valence-electron chi connectivity index (χ4n) is 4.47. The summed E-state index contributed by atoms with van der Waals surface area (Å²) < 4.78 is 5.30. The third-order valence-electron chi connectivity index (χ3n) is 6.38. The number of amides is 1. The zero-order chi connectivity index (χ0) is 26.9. The first-order chi connectivity index (χ1) is 17.6. The van der Waals surface area contributed by atoms with Gasteiger partial charge in [-0.3, -0.25) is 14.5 Å². The summed E-state index contributed by atoms with van der Waals surface area (Å²) in [5, 5.41) is 11.4. The van der Waals surface area contributed by atoms with Gasteiger partial charge in [0.1, 0.15) is 5.76 Å². The number of esters is 1. The largest absolute Gasteiger partial charge is 0.507 e. The van der Waals surface area contributed by atoms with Crippen LogP contribution in [-0.4, -0.2) is 29.4 Å². The SMILES string of the molecule is Cc1cccc(C2/C(=C(\O)c3cc(C)ccc3C)C(=O)C(=O)N2c2ccc(C(=O)OCC(C)C)cc2)c1. The Balaban J connectivity index is 1.83. The number of hydrogen-bond donors (Lipinski definition) is 1. The van der Waals surface area contributed by atoms with E-state index >= 15 is 0 Å². The maximum Gasteiger partial charge on any atom is 0.338 e. The van der Waals surface area contributed by atoms with E-state index in [1.165, 1.54) is 4.90 Å². The molecule has 37 heavy (non-hydrogen) atoms. The van der Waals surface area contributed by atoms with Crippen molar-refractivity contribution in [3.8, 4) is 0 Å². The van der Waals surface area contributed by atoms with Gasteiger partial charge in [-0.2, -0.15) is 0 Å². The normalized spacial score (nSPS) is 16.9. The molecule has 3 aromatic carbocycles. The summed E-state index contributed by atoms with van der Waals surface area (Å²) in [6.07, 6.45) is 0. The molecule has 0 radical (unpaired) electrons. The number of ether oxygens (including phenoxy) is 1.